The molecule has 2 N–H and O–H groups in total. The number of aromatic amines is 1. The Hall–Kier alpha value is -2.71. The van der Waals surface area contributed by atoms with E-state index in [1.807, 2.05) is 34.9 Å². The Morgan fingerprint density at radius 2 is 1.86 bits per heavy atom. The average Bonchev–Trinajstić information content (AvgIpc) is 2.98. The molecule has 1 aliphatic heterocycles. The largest absolute Gasteiger partial charge is 0.364 e. The number of fused-ring (bicyclic) bond motifs is 1. The molecule has 0 radical (unpaired) electrons. The minimum atomic E-state index is -0.450. The first-order valence-corrected chi connectivity index (χ1v) is 9.63. The fraction of sp³-hybridized carbons (Fsp3) is 0.450. The molecule has 1 fully saturated rings. The number of ether oxygens (including phenoxy) is 1. The summed E-state index contributed by atoms with van der Waals surface area (Å²) in [5.41, 5.74) is 1.10. The zero-order valence-electron chi connectivity index (χ0n) is 16.4. The SMILES string of the molecule is C[C@H]1C[NH+](Cc2nc3c(c(=O)[nH]c(=O)n3C)n2Cc2ccccc2)C[C@H](C)O1. The predicted octanol–water partition coefficient (Wildman–Crippen LogP) is -0.336. The molecule has 3 aromatic rings. The van der Waals surface area contributed by atoms with Crippen molar-refractivity contribution in [1.82, 2.24) is 19.1 Å². The van der Waals surface area contributed by atoms with E-state index in [0.717, 1.165) is 24.5 Å². The van der Waals surface area contributed by atoms with E-state index in [9.17, 15) is 9.59 Å². The van der Waals surface area contributed by atoms with E-state index in [2.05, 4.69) is 18.8 Å². The van der Waals surface area contributed by atoms with Gasteiger partial charge in [-0.25, -0.2) is 9.78 Å². The maximum Gasteiger partial charge on any atom is 0.329 e. The van der Waals surface area contributed by atoms with Crippen molar-refractivity contribution in [1.29, 1.82) is 0 Å². The molecule has 148 valence electrons. The van der Waals surface area contributed by atoms with E-state index in [1.54, 1.807) is 7.05 Å². The summed E-state index contributed by atoms with van der Waals surface area (Å²) in [6.45, 7) is 7.13. The Balaban J connectivity index is 1.81. The highest BCUT2D eigenvalue weighted by atomic mass is 16.5. The van der Waals surface area contributed by atoms with Gasteiger partial charge in [0.25, 0.3) is 5.56 Å². The monoisotopic (exact) mass is 384 g/mol. The number of hydrogen-bond donors (Lipinski definition) is 2. The molecule has 1 aromatic carbocycles. The molecule has 28 heavy (non-hydrogen) atoms. The first-order chi connectivity index (χ1) is 13.4. The lowest BCUT2D eigenvalue weighted by atomic mass is 10.2. The molecule has 0 aliphatic carbocycles. The van der Waals surface area contributed by atoms with Crippen LogP contribution in [0.25, 0.3) is 11.2 Å². The third-order valence-electron chi connectivity index (χ3n) is 5.29. The van der Waals surface area contributed by atoms with Crippen LogP contribution in [0.1, 0.15) is 25.2 Å². The molecule has 0 unspecified atom stereocenters. The molecule has 2 aromatic heterocycles. The fourth-order valence-electron chi connectivity index (χ4n) is 4.11. The van der Waals surface area contributed by atoms with E-state index in [0.29, 0.717) is 24.3 Å². The molecule has 0 spiro atoms. The van der Waals surface area contributed by atoms with E-state index >= 15 is 0 Å². The van der Waals surface area contributed by atoms with Gasteiger partial charge in [-0.05, 0) is 19.4 Å². The Kier molecular flexibility index (Phi) is 4.91. The van der Waals surface area contributed by atoms with Crippen molar-refractivity contribution in [3.63, 3.8) is 0 Å². The van der Waals surface area contributed by atoms with Gasteiger partial charge in [0.15, 0.2) is 17.0 Å². The van der Waals surface area contributed by atoms with Gasteiger partial charge >= 0.3 is 5.69 Å². The predicted molar refractivity (Wildman–Crippen MR) is 106 cm³/mol. The zero-order chi connectivity index (χ0) is 19.8. The van der Waals surface area contributed by atoms with Crippen LogP contribution in [0, 0.1) is 0 Å². The van der Waals surface area contributed by atoms with E-state index in [-0.39, 0.29) is 12.2 Å². The van der Waals surface area contributed by atoms with Crippen molar-refractivity contribution in [3.8, 4) is 0 Å². The zero-order valence-corrected chi connectivity index (χ0v) is 16.4. The average molecular weight is 384 g/mol. The standard InChI is InChI=1S/C20H25N5O3/c1-13-9-24(10-14(2)28-13)12-16-21-18-17(19(26)22-20(27)23(18)3)25(16)11-15-7-5-4-6-8-15/h4-8,13-14H,9-12H2,1-3H3,(H,22,26,27)/p+1/t13-,14-/m0/s1. The second kappa shape index (κ2) is 7.37. The van der Waals surface area contributed by atoms with Crippen molar-refractivity contribution in [2.24, 2.45) is 7.05 Å². The molecular weight excluding hydrogens is 358 g/mol. The second-order valence-corrected chi connectivity index (χ2v) is 7.68. The van der Waals surface area contributed by atoms with Crippen LogP contribution in [0.2, 0.25) is 0 Å². The molecule has 1 aliphatic rings. The van der Waals surface area contributed by atoms with Crippen molar-refractivity contribution in [3.05, 3.63) is 62.6 Å². The van der Waals surface area contributed by atoms with Gasteiger partial charge in [-0.15, -0.1) is 0 Å². The number of H-pyrrole nitrogens is 1. The summed E-state index contributed by atoms with van der Waals surface area (Å²) in [5, 5.41) is 0. The summed E-state index contributed by atoms with van der Waals surface area (Å²) in [7, 11) is 1.63. The number of benzene rings is 1. The van der Waals surface area contributed by atoms with E-state index < -0.39 is 11.2 Å². The maximum absolute atomic E-state index is 12.6. The van der Waals surface area contributed by atoms with Crippen LogP contribution >= 0.6 is 0 Å². The van der Waals surface area contributed by atoms with Crippen LogP contribution in [0.15, 0.2) is 39.9 Å². The lowest BCUT2D eigenvalue weighted by molar-refractivity contribution is -0.929. The molecule has 0 saturated carbocycles. The Morgan fingerprint density at radius 1 is 1.18 bits per heavy atom. The highest BCUT2D eigenvalue weighted by Crippen LogP contribution is 2.14. The number of rotatable bonds is 4. The molecule has 3 heterocycles. The molecule has 8 nitrogen and oxygen atoms in total. The molecule has 1 saturated heterocycles. The smallest absolute Gasteiger partial charge is 0.329 e. The Morgan fingerprint density at radius 3 is 2.54 bits per heavy atom. The van der Waals surface area contributed by atoms with Crippen molar-refractivity contribution >= 4 is 11.2 Å². The summed E-state index contributed by atoms with van der Waals surface area (Å²) < 4.78 is 9.19. The van der Waals surface area contributed by atoms with Crippen LogP contribution in [-0.4, -0.2) is 44.4 Å². The number of aromatic nitrogens is 4. The quantitative estimate of drug-likeness (QED) is 0.645. The van der Waals surface area contributed by atoms with E-state index in [1.165, 1.54) is 9.47 Å². The molecule has 0 bridgehead atoms. The van der Waals surface area contributed by atoms with Crippen LogP contribution in [0.4, 0.5) is 0 Å². The minimum absolute atomic E-state index is 0.179. The molecular formula is C20H26N5O3+. The normalized spacial score (nSPS) is 22.6. The number of hydrogen-bond acceptors (Lipinski definition) is 4. The summed E-state index contributed by atoms with van der Waals surface area (Å²) in [6.07, 6.45) is 0.358. The summed E-state index contributed by atoms with van der Waals surface area (Å²) in [6, 6.07) is 9.97. The third-order valence-corrected chi connectivity index (χ3v) is 5.29. The number of quaternary nitrogens is 1. The third kappa shape index (κ3) is 3.53. The van der Waals surface area contributed by atoms with Crippen LogP contribution in [0.5, 0.6) is 0 Å². The fourth-order valence-corrected chi connectivity index (χ4v) is 4.11. The van der Waals surface area contributed by atoms with E-state index in [4.69, 9.17) is 9.72 Å². The first-order valence-electron chi connectivity index (χ1n) is 9.63. The minimum Gasteiger partial charge on any atom is -0.364 e. The highest BCUT2D eigenvalue weighted by Gasteiger charge is 2.28. The molecule has 0 amide bonds. The van der Waals surface area contributed by atoms with Crippen LogP contribution < -0.4 is 16.1 Å². The molecule has 4 rings (SSSR count). The maximum atomic E-state index is 12.6. The lowest BCUT2D eigenvalue weighted by Gasteiger charge is -2.32. The molecule has 8 heteroatoms. The van der Waals surface area contributed by atoms with Crippen LogP contribution in [0.3, 0.4) is 0 Å². The number of imidazole rings is 1. The summed E-state index contributed by atoms with van der Waals surface area (Å²) in [4.78, 5) is 33.1. The number of morpholine rings is 1. The first kappa shape index (κ1) is 18.6. The Labute approximate surface area is 162 Å². The van der Waals surface area contributed by atoms with Gasteiger partial charge in [0, 0.05) is 13.6 Å². The number of nitrogens with one attached hydrogen (secondary N) is 2. The van der Waals surface area contributed by atoms with Gasteiger partial charge < -0.3 is 14.2 Å². The summed E-state index contributed by atoms with van der Waals surface area (Å²) >= 11 is 0. The number of aryl methyl sites for hydroxylation is 1. The second-order valence-electron chi connectivity index (χ2n) is 7.68. The van der Waals surface area contributed by atoms with Crippen molar-refractivity contribution < 1.29 is 9.64 Å². The van der Waals surface area contributed by atoms with Gasteiger partial charge in [-0.2, -0.15) is 0 Å². The Bertz CT molecular complexity index is 1090. The van der Waals surface area contributed by atoms with Gasteiger partial charge in [0.2, 0.25) is 0 Å². The van der Waals surface area contributed by atoms with Gasteiger partial charge in [-0.1, -0.05) is 30.3 Å². The highest BCUT2D eigenvalue weighted by molar-refractivity contribution is 5.71. The number of nitrogens with zero attached hydrogens (tertiary/aromatic N) is 3. The van der Waals surface area contributed by atoms with Gasteiger partial charge in [0.05, 0.1) is 0 Å². The van der Waals surface area contributed by atoms with Crippen LogP contribution in [-0.2, 0) is 24.9 Å². The molecule has 2 atom stereocenters. The topological polar surface area (TPSA) is 86.4 Å². The lowest BCUT2D eigenvalue weighted by Crippen LogP contribution is -3.14. The van der Waals surface area contributed by atoms with Crippen molar-refractivity contribution in [2.45, 2.75) is 39.1 Å². The summed E-state index contributed by atoms with van der Waals surface area (Å²) in [5.74, 6) is 0.807. The van der Waals surface area contributed by atoms with Crippen molar-refractivity contribution in [2.75, 3.05) is 13.1 Å². The van der Waals surface area contributed by atoms with Gasteiger partial charge in [0.1, 0.15) is 31.8 Å². The van der Waals surface area contributed by atoms with Gasteiger partial charge in [-0.3, -0.25) is 14.3 Å².